The van der Waals surface area contributed by atoms with Crippen LogP contribution >= 0.6 is 11.3 Å². The molecule has 2 aromatic rings. The molecule has 0 bridgehead atoms. The summed E-state index contributed by atoms with van der Waals surface area (Å²) in [5.41, 5.74) is 0.889. The molecule has 0 radical (unpaired) electrons. The van der Waals surface area contributed by atoms with E-state index in [1.807, 2.05) is 35.1 Å². The Morgan fingerprint density at radius 1 is 1.35 bits per heavy atom. The van der Waals surface area contributed by atoms with Crippen molar-refractivity contribution in [3.63, 3.8) is 0 Å². The number of nitrogens with zero attached hydrogens (tertiary/aromatic N) is 2. The second kappa shape index (κ2) is 7.07. The Morgan fingerprint density at radius 2 is 2.00 bits per heavy atom. The molecule has 1 heterocycles. The number of carbonyl (C=O) groups excluding carboxylic acids is 1. The third-order valence-electron chi connectivity index (χ3n) is 2.90. The minimum Gasteiger partial charge on any atom is -0.395 e. The van der Waals surface area contributed by atoms with Crippen molar-refractivity contribution >= 4 is 38.1 Å². The average molecular weight is 355 g/mol. The lowest BCUT2D eigenvalue weighted by atomic mass is 10.3. The van der Waals surface area contributed by atoms with Crippen LogP contribution in [0.4, 0.5) is 10.8 Å². The van der Waals surface area contributed by atoms with Crippen molar-refractivity contribution in [1.82, 2.24) is 9.71 Å². The van der Waals surface area contributed by atoms with Gasteiger partial charge in [-0.3, -0.25) is 4.79 Å². The third kappa shape index (κ3) is 4.50. The number of thiazole rings is 1. The molecule has 124 valence electrons. The fourth-order valence-corrected chi connectivity index (χ4v) is 3.35. The first kappa shape index (κ1) is 17.4. The topological polar surface area (TPSA) is 99.6 Å². The number of amides is 1. The quantitative estimate of drug-likeness (QED) is 0.809. The van der Waals surface area contributed by atoms with Gasteiger partial charge < -0.3 is 10.0 Å². The molecule has 0 unspecified atom stereocenters. The highest BCUT2D eigenvalue weighted by molar-refractivity contribution is 7.89. The van der Waals surface area contributed by atoms with E-state index in [9.17, 15) is 18.3 Å². The highest BCUT2D eigenvalue weighted by Gasteiger charge is 2.21. The van der Waals surface area contributed by atoms with E-state index in [-0.39, 0.29) is 12.3 Å². The van der Waals surface area contributed by atoms with Crippen molar-refractivity contribution in [3.05, 3.63) is 40.9 Å². The molecule has 0 saturated heterocycles. The van der Waals surface area contributed by atoms with Gasteiger partial charge in [-0.1, -0.05) is 18.2 Å². The number of para-hydroxylation sites is 1. The number of sulfonamides is 1. The van der Waals surface area contributed by atoms with Gasteiger partial charge in [0.1, 0.15) is 5.69 Å². The van der Waals surface area contributed by atoms with E-state index in [4.69, 9.17) is 0 Å². The van der Waals surface area contributed by atoms with Gasteiger partial charge in [0.15, 0.2) is 5.13 Å². The van der Waals surface area contributed by atoms with E-state index < -0.39 is 15.9 Å². The van der Waals surface area contributed by atoms with E-state index in [1.54, 1.807) is 11.8 Å². The van der Waals surface area contributed by atoms with Crippen LogP contribution in [0.2, 0.25) is 0 Å². The van der Waals surface area contributed by atoms with Gasteiger partial charge in [-0.15, -0.1) is 11.3 Å². The molecule has 1 aromatic carbocycles. The molecule has 0 aliphatic heterocycles. The van der Waals surface area contributed by atoms with Crippen LogP contribution in [0.5, 0.6) is 0 Å². The van der Waals surface area contributed by atoms with Crippen molar-refractivity contribution in [1.29, 1.82) is 0 Å². The van der Waals surface area contributed by atoms with Crippen LogP contribution in [0.15, 0.2) is 30.3 Å². The molecule has 2 N–H and O–H groups in total. The molecule has 0 fully saturated rings. The van der Waals surface area contributed by atoms with Gasteiger partial charge >= 0.3 is 0 Å². The number of hydrogen-bond acceptors (Lipinski definition) is 7. The predicted octanol–water partition coefficient (Wildman–Crippen LogP) is 1.27. The van der Waals surface area contributed by atoms with E-state index in [1.165, 1.54) is 11.3 Å². The fourth-order valence-electron chi connectivity index (χ4n) is 1.97. The molecule has 2 rings (SSSR count). The molecule has 9 heteroatoms. The largest absolute Gasteiger partial charge is 0.395 e. The first-order valence-corrected chi connectivity index (χ1v) is 9.45. The lowest BCUT2D eigenvalue weighted by molar-refractivity contribution is 0.0977. The molecular weight excluding hydrogens is 338 g/mol. The molecule has 7 nitrogen and oxygen atoms in total. The maximum atomic E-state index is 12.0. The number of hydrogen-bond donors (Lipinski definition) is 2. The second-order valence-corrected chi connectivity index (χ2v) is 7.75. The van der Waals surface area contributed by atoms with Crippen LogP contribution < -0.4 is 9.62 Å². The van der Waals surface area contributed by atoms with Crippen LogP contribution in [0.3, 0.4) is 0 Å². The van der Waals surface area contributed by atoms with Crippen molar-refractivity contribution in [2.24, 2.45) is 0 Å². The fraction of sp³-hybridized carbons (Fsp3) is 0.286. The molecule has 1 amide bonds. The molecule has 0 aliphatic carbocycles. The Kier molecular flexibility index (Phi) is 5.34. The van der Waals surface area contributed by atoms with Crippen LogP contribution in [0, 0.1) is 6.92 Å². The van der Waals surface area contributed by atoms with Gasteiger partial charge in [0.2, 0.25) is 10.0 Å². The van der Waals surface area contributed by atoms with Crippen molar-refractivity contribution in [2.45, 2.75) is 6.92 Å². The van der Waals surface area contributed by atoms with Gasteiger partial charge in [0.25, 0.3) is 5.91 Å². The van der Waals surface area contributed by atoms with Crippen LogP contribution in [-0.4, -0.2) is 43.8 Å². The van der Waals surface area contributed by atoms with Gasteiger partial charge in [0, 0.05) is 17.1 Å². The molecule has 1 aromatic heterocycles. The van der Waals surface area contributed by atoms with Crippen LogP contribution in [0.1, 0.15) is 15.4 Å². The highest BCUT2D eigenvalue weighted by Crippen LogP contribution is 2.31. The Hall–Kier alpha value is -1.97. The van der Waals surface area contributed by atoms with Crippen LogP contribution in [-0.2, 0) is 10.0 Å². The monoisotopic (exact) mass is 355 g/mol. The summed E-state index contributed by atoms with van der Waals surface area (Å²) in [6, 6.07) is 9.32. The van der Waals surface area contributed by atoms with E-state index in [0.717, 1.165) is 11.9 Å². The minimum atomic E-state index is -3.65. The number of aryl methyl sites for hydroxylation is 1. The summed E-state index contributed by atoms with van der Waals surface area (Å²) in [4.78, 5) is 18.6. The van der Waals surface area contributed by atoms with Gasteiger partial charge in [-0.25, -0.2) is 18.1 Å². The van der Waals surface area contributed by atoms with Gasteiger partial charge in [-0.2, -0.15) is 0 Å². The first-order valence-electron chi connectivity index (χ1n) is 6.75. The summed E-state index contributed by atoms with van der Waals surface area (Å²) >= 11 is 1.26. The zero-order chi connectivity index (χ0) is 17.0. The Labute approximate surface area is 138 Å². The summed E-state index contributed by atoms with van der Waals surface area (Å²) in [5, 5.41) is 9.79. The van der Waals surface area contributed by atoms with Crippen molar-refractivity contribution in [3.8, 4) is 0 Å². The Balaban J connectivity index is 2.36. The molecule has 23 heavy (non-hydrogen) atoms. The number of aliphatic hydroxyl groups is 1. The summed E-state index contributed by atoms with van der Waals surface area (Å²) in [6.07, 6.45) is 0.912. The number of anilines is 2. The van der Waals surface area contributed by atoms with E-state index in [2.05, 4.69) is 4.98 Å². The Morgan fingerprint density at radius 3 is 2.57 bits per heavy atom. The summed E-state index contributed by atoms with van der Waals surface area (Å²) in [6.45, 7) is 1.92. The van der Waals surface area contributed by atoms with Crippen molar-refractivity contribution in [2.75, 3.05) is 24.3 Å². The SMILES string of the molecule is Cc1sc(N(CCO)c2ccccc2)nc1C(=O)NS(C)(=O)=O. The summed E-state index contributed by atoms with van der Waals surface area (Å²) in [7, 11) is -3.65. The third-order valence-corrected chi connectivity index (χ3v) is 4.45. The zero-order valence-electron chi connectivity index (χ0n) is 12.7. The Bertz CT molecular complexity index is 788. The number of nitrogens with one attached hydrogen (secondary N) is 1. The summed E-state index contributed by atoms with van der Waals surface area (Å²) in [5.74, 6) is -0.760. The number of rotatable bonds is 6. The molecule has 0 aliphatic rings. The minimum absolute atomic E-state index is 0.0642. The number of carbonyl (C=O) groups is 1. The van der Waals surface area contributed by atoms with Gasteiger partial charge in [0.05, 0.1) is 12.9 Å². The van der Waals surface area contributed by atoms with E-state index >= 15 is 0 Å². The molecular formula is C14H17N3O4S2. The summed E-state index contributed by atoms with van der Waals surface area (Å²) < 4.78 is 24.3. The maximum Gasteiger partial charge on any atom is 0.284 e. The molecule has 0 spiro atoms. The lowest BCUT2D eigenvalue weighted by Gasteiger charge is -2.20. The predicted molar refractivity (Wildman–Crippen MR) is 89.7 cm³/mol. The number of aliphatic hydroxyl groups excluding tert-OH is 1. The second-order valence-electron chi connectivity index (χ2n) is 4.82. The standard InChI is InChI=1S/C14H17N3O4S2/c1-10-12(13(19)16-23(2,20)21)15-14(22-10)17(8-9-18)11-6-4-3-5-7-11/h3-7,18H,8-9H2,1-2H3,(H,16,19). The highest BCUT2D eigenvalue weighted by atomic mass is 32.2. The molecule has 0 atom stereocenters. The van der Waals surface area contributed by atoms with Crippen LogP contribution in [0.25, 0.3) is 0 Å². The average Bonchev–Trinajstić information content (AvgIpc) is 2.85. The maximum absolute atomic E-state index is 12.0. The first-order chi connectivity index (χ1) is 10.8. The van der Waals surface area contributed by atoms with Gasteiger partial charge in [-0.05, 0) is 19.1 Å². The smallest absolute Gasteiger partial charge is 0.284 e. The molecule has 0 saturated carbocycles. The number of aromatic nitrogens is 1. The normalized spacial score (nSPS) is 11.3. The lowest BCUT2D eigenvalue weighted by Crippen LogP contribution is -2.30. The van der Waals surface area contributed by atoms with E-state index in [0.29, 0.717) is 16.6 Å². The number of benzene rings is 1. The van der Waals surface area contributed by atoms with Crippen molar-refractivity contribution < 1.29 is 18.3 Å². The zero-order valence-corrected chi connectivity index (χ0v) is 14.3.